The normalized spacial score (nSPS) is 11.3. The summed E-state index contributed by atoms with van der Waals surface area (Å²) in [5.74, 6) is 2.30. The van der Waals surface area contributed by atoms with Gasteiger partial charge in [0.25, 0.3) is 0 Å². The molecule has 0 unspecified atom stereocenters. The monoisotopic (exact) mass is 860 g/mol. The molecule has 6 heterocycles. The molecule has 12 aromatic rings. The number of aromatic nitrogens is 10. The molecule has 6 aromatic heterocycles. The summed E-state index contributed by atoms with van der Waals surface area (Å²) in [5, 5.41) is 25.5. The zero-order valence-electron chi connectivity index (χ0n) is 35.6. The molecular weight excluding hydrogens is 829 g/mol. The van der Waals surface area contributed by atoms with Gasteiger partial charge in [0.05, 0.1) is 56.7 Å². The first kappa shape index (κ1) is 38.9. The summed E-state index contributed by atoms with van der Waals surface area (Å²) in [6, 6.07) is 46.8. The maximum Gasteiger partial charge on any atom is 0.159 e. The minimum atomic E-state index is 0.419. The van der Waals surface area contributed by atoms with E-state index in [0.717, 1.165) is 82.6 Å². The van der Waals surface area contributed by atoms with Gasteiger partial charge in [-0.05, 0) is 90.8 Å². The van der Waals surface area contributed by atoms with Crippen LogP contribution in [0.1, 0.15) is 16.7 Å². The number of hydrogen-bond acceptors (Lipinski definition) is 10. The maximum absolute atomic E-state index is 11.1. The predicted octanol–water partition coefficient (Wildman–Crippen LogP) is 11.4. The molecule has 0 aliphatic heterocycles. The van der Waals surface area contributed by atoms with Crippen molar-refractivity contribution in [2.24, 2.45) is 0 Å². The third-order valence-electron chi connectivity index (χ3n) is 12.0. The molecule has 0 fully saturated rings. The van der Waals surface area contributed by atoms with Crippen molar-refractivity contribution in [2.45, 2.75) is 6.92 Å². The topological polar surface area (TPSA) is 161 Å². The van der Waals surface area contributed by atoms with Crippen LogP contribution in [0.4, 0.5) is 0 Å². The minimum absolute atomic E-state index is 0.419. The lowest BCUT2D eigenvalue weighted by molar-refractivity contribution is 1.13. The number of aryl methyl sites for hydroxylation is 1. The number of nitriles is 2. The van der Waals surface area contributed by atoms with E-state index >= 15 is 0 Å². The first-order valence-corrected chi connectivity index (χ1v) is 21.4. The van der Waals surface area contributed by atoms with E-state index in [-0.39, 0.29) is 0 Å². The molecule has 312 valence electrons. The average Bonchev–Trinajstić information content (AvgIpc) is 3.90. The zero-order valence-corrected chi connectivity index (χ0v) is 35.6. The van der Waals surface area contributed by atoms with Crippen LogP contribution < -0.4 is 0 Å². The Morgan fingerprint density at radius 1 is 0.358 bits per heavy atom. The van der Waals surface area contributed by atoms with Gasteiger partial charge in [-0.15, -0.1) is 0 Å². The summed E-state index contributed by atoms with van der Waals surface area (Å²) < 4.78 is 4.41. The van der Waals surface area contributed by atoms with Crippen LogP contribution in [0.3, 0.4) is 0 Å². The first-order chi connectivity index (χ1) is 33.0. The van der Waals surface area contributed by atoms with Gasteiger partial charge < -0.3 is 9.13 Å². The average molecular weight is 861 g/mol. The lowest BCUT2D eigenvalue weighted by atomic mass is 9.95. The molecule has 0 saturated heterocycles. The van der Waals surface area contributed by atoms with Crippen molar-refractivity contribution in [3.8, 4) is 80.2 Å². The number of rotatable bonds is 7. The Labute approximate surface area is 382 Å². The van der Waals surface area contributed by atoms with E-state index in [9.17, 15) is 10.5 Å². The standard InChI is InChI=1S/C55H32N12/c1-33-22-34(31-56)24-40(23-33)51-49(66-45-27-36(52-58-14-2-15-59-52)6-10-41(45)42-11-7-37(28-46(42)66)53-60-16-3-17-61-53)25-35(32-57)26-50(51)67-47-29-38(54-62-18-4-19-63-54)8-12-43(47)44-13-9-39(30-48(44)67)55-64-20-5-21-65-55/h2-30H,1H3. The van der Waals surface area contributed by atoms with Crippen LogP contribution in [0.15, 0.2) is 177 Å². The van der Waals surface area contributed by atoms with E-state index in [4.69, 9.17) is 0 Å². The summed E-state index contributed by atoms with van der Waals surface area (Å²) >= 11 is 0. The Balaban J connectivity index is 1.27. The highest BCUT2D eigenvalue weighted by atomic mass is 15.0. The SMILES string of the molecule is Cc1cc(C#N)cc(-c2c(-n3c4cc(-c5ncccn5)ccc4c4ccc(-c5ncccn5)cc43)cc(C#N)cc2-n2c3cc(-c4ncccn4)ccc3c3ccc(-c4ncccn4)cc32)c1. The van der Waals surface area contributed by atoms with E-state index in [2.05, 4.69) is 116 Å². The molecule has 0 N–H and O–H groups in total. The minimum Gasteiger partial charge on any atom is -0.308 e. The fourth-order valence-electron chi connectivity index (χ4n) is 9.22. The van der Waals surface area contributed by atoms with Crippen LogP contribution >= 0.6 is 0 Å². The second-order valence-corrected chi connectivity index (χ2v) is 16.1. The van der Waals surface area contributed by atoms with Gasteiger partial charge in [0.2, 0.25) is 0 Å². The van der Waals surface area contributed by atoms with Crippen molar-refractivity contribution < 1.29 is 0 Å². The molecule has 12 rings (SSSR count). The fourth-order valence-corrected chi connectivity index (χ4v) is 9.22. The summed E-state index contributed by atoms with van der Waals surface area (Å²) in [5.41, 5.74) is 11.5. The maximum atomic E-state index is 11.1. The number of nitrogens with zero attached hydrogens (tertiary/aromatic N) is 12. The quantitative estimate of drug-likeness (QED) is 0.151. The summed E-state index contributed by atoms with van der Waals surface area (Å²) in [6.45, 7) is 1.99. The molecule has 12 nitrogen and oxygen atoms in total. The Hall–Kier alpha value is -9.78. The second kappa shape index (κ2) is 15.8. The number of hydrogen-bond donors (Lipinski definition) is 0. The Kier molecular flexibility index (Phi) is 9.15. The van der Waals surface area contributed by atoms with Crippen molar-refractivity contribution >= 4 is 43.6 Å². The summed E-state index contributed by atoms with van der Waals surface area (Å²) in [7, 11) is 0. The molecule has 0 saturated carbocycles. The van der Waals surface area contributed by atoms with E-state index in [1.54, 1.807) is 73.8 Å². The van der Waals surface area contributed by atoms with Gasteiger partial charge in [-0.25, -0.2) is 39.9 Å². The molecule has 12 heteroatoms. The van der Waals surface area contributed by atoms with Gasteiger partial charge in [0.15, 0.2) is 23.3 Å². The molecule has 0 aliphatic rings. The highest BCUT2D eigenvalue weighted by Gasteiger charge is 2.25. The molecule has 0 bridgehead atoms. The van der Waals surface area contributed by atoms with E-state index in [0.29, 0.717) is 45.8 Å². The van der Waals surface area contributed by atoms with Crippen LogP contribution in [-0.4, -0.2) is 49.0 Å². The van der Waals surface area contributed by atoms with Crippen LogP contribution in [0.25, 0.3) is 112 Å². The summed E-state index contributed by atoms with van der Waals surface area (Å²) in [4.78, 5) is 37.0. The Morgan fingerprint density at radius 2 is 0.672 bits per heavy atom. The molecule has 0 aliphatic carbocycles. The largest absolute Gasteiger partial charge is 0.308 e. The van der Waals surface area contributed by atoms with Crippen molar-refractivity contribution in [2.75, 3.05) is 0 Å². The van der Waals surface area contributed by atoms with Crippen molar-refractivity contribution in [1.82, 2.24) is 49.0 Å². The van der Waals surface area contributed by atoms with Crippen molar-refractivity contribution in [3.63, 3.8) is 0 Å². The van der Waals surface area contributed by atoms with Crippen molar-refractivity contribution in [3.05, 3.63) is 194 Å². The van der Waals surface area contributed by atoms with E-state index < -0.39 is 0 Å². The molecular formula is C55H32N12. The van der Waals surface area contributed by atoms with Gasteiger partial charge >= 0.3 is 0 Å². The van der Waals surface area contributed by atoms with E-state index in [1.807, 2.05) is 55.5 Å². The third-order valence-corrected chi connectivity index (χ3v) is 12.0. The van der Waals surface area contributed by atoms with Gasteiger partial charge in [0.1, 0.15) is 0 Å². The summed E-state index contributed by atoms with van der Waals surface area (Å²) in [6.07, 6.45) is 13.9. The second-order valence-electron chi connectivity index (χ2n) is 16.1. The molecule has 0 atom stereocenters. The first-order valence-electron chi connectivity index (χ1n) is 21.4. The molecule has 0 spiro atoms. The lowest BCUT2D eigenvalue weighted by Crippen LogP contribution is -2.06. The smallest absolute Gasteiger partial charge is 0.159 e. The highest BCUT2D eigenvalue weighted by Crippen LogP contribution is 2.45. The number of fused-ring (bicyclic) bond motifs is 6. The van der Waals surface area contributed by atoms with Crippen molar-refractivity contribution in [1.29, 1.82) is 10.5 Å². The molecule has 0 amide bonds. The van der Waals surface area contributed by atoms with Gasteiger partial charge in [-0.2, -0.15) is 10.5 Å². The van der Waals surface area contributed by atoms with Crippen LogP contribution in [0.2, 0.25) is 0 Å². The van der Waals surface area contributed by atoms with Crippen LogP contribution in [-0.2, 0) is 0 Å². The molecule has 67 heavy (non-hydrogen) atoms. The van der Waals surface area contributed by atoms with Crippen LogP contribution in [0, 0.1) is 29.6 Å². The zero-order chi connectivity index (χ0) is 45.0. The van der Waals surface area contributed by atoms with Gasteiger partial charge in [0, 0.05) is 98.9 Å². The van der Waals surface area contributed by atoms with Crippen LogP contribution in [0.5, 0.6) is 0 Å². The van der Waals surface area contributed by atoms with Gasteiger partial charge in [-0.3, -0.25) is 0 Å². The third kappa shape index (κ3) is 6.60. The van der Waals surface area contributed by atoms with Gasteiger partial charge in [-0.1, -0.05) is 54.6 Å². The highest BCUT2D eigenvalue weighted by molar-refractivity contribution is 6.14. The number of benzene rings is 6. The predicted molar refractivity (Wildman–Crippen MR) is 259 cm³/mol. The Morgan fingerprint density at radius 3 is 0.985 bits per heavy atom. The fraction of sp³-hybridized carbons (Fsp3) is 0.0182. The molecule has 6 aromatic carbocycles. The Bertz CT molecular complexity index is 3590. The lowest BCUT2D eigenvalue weighted by Gasteiger charge is -2.21. The van der Waals surface area contributed by atoms with E-state index in [1.165, 1.54) is 0 Å². The molecule has 0 radical (unpaired) electrons.